The predicted octanol–water partition coefficient (Wildman–Crippen LogP) is 4.99. The molecule has 0 aliphatic rings. The number of hydrogen-bond donors (Lipinski definition) is 1. The van der Waals surface area contributed by atoms with E-state index in [0.717, 1.165) is 24.3 Å². The van der Waals surface area contributed by atoms with E-state index in [1.54, 1.807) is 13.0 Å². The van der Waals surface area contributed by atoms with Crippen molar-refractivity contribution in [3.63, 3.8) is 0 Å². The summed E-state index contributed by atoms with van der Waals surface area (Å²) in [5.41, 5.74) is -0.138. The van der Waals surface area contributed by atoms with Gasteiger partial charge in [0.25, 0.3) is 11.6 Å². The number of amides is 1. The molecular formula is C22H21N5O5S. The van der Waals surface area contributed by atoms with Gasteiger partial charge in [-0.05, 0) is 37.6 Å². The summed E-state index contributed by atoms with van der Waals surface area (Å²) in [7, 11) is 0. The van der Waals surface area contributed by atoms with Gasteiger partial charge in [-0.15, -0.1) is 10.2 Å². The van der Waals surface area contributed by atoms with Crippen LogP contribution in [0.5, 0.6) is 5.75 Å². The molecule has 1 aromatic carbocycles. The van der Waals surface area contributed by atoms with E-state index in [9.17, 15) is 20.2 Å². The number of carbonyl (C=O) groups is 1. The molecule has 0 saturated carbocycles. The lowest BCUT2D eigenvalue weighted by atomic mass is 10.1. The molecule has 33 heavy (non-hydrogen) atoms. The number of furan rings is 1. The first-order chi connectivity index (χ1) is 15.9. The van der Waals surface area contributed by atoms with Crippen LogP contribution in [-0.4, -0.2) is 27.6 Å². The largest absolute Gasteiger partial charge is 0.494 e. The molecule has 10 nitrogen and oxygen atoms in total. The van der Waals surface area contributed by atoms with Crippen molar-refractivity contribution in [2.24, 2.45) is 0 Å². The summed E-state index contributed by atoms with van der Waals surface area (Å²) in [6, 6.07) is 9.34. The normalized spacial score (nSPS) is 11.1. The number of nitro benzene ring substituents is 1. The maximum absolute atomic E-state index is 12.5. The smallest absolute Gasteiger partial charge is 0.284 e. The summed E-state index contributed by atoms with van der Waals surface area (Å²) in [4.78, 5) is 23.5. The lowest BCUT2D eigenvalue weighted by molar-refractivity contribution is -0.384. The van der Waals surface area contributed by atoms with Gasteiger partial charge in [0, 0.05) is 12.5 Å². The number of carbonyl (C=O) groups excluding carboxylic acids is 1. The average molecular weight is 468 g/mol. The number of unbranched alkanes of at least 4 members (excludes halogenated alkanes) is 1. The minimum Gasteiger partial charge on any atom is -0.494 e. The Morgan fingerprint density at radius 2 is 2.15 bits per heavy atom. The zero-order valence-electron chi connectivity index (χ0n) is 18.0. The van der Waals surface area contributed by atoms with Crippen LogP contribution in [0.15, 0.2) is 40.3 Å². The van der Waals surface area contributed by atoms with Crippen LogP contribution < -0.4 is 10.1 Å². The molecule has 0 aliphatic carbocycles. The van der Waals surface area contributed by atoms with Crippen molar-refractivity contribution in [2.45, 2.75) is 33.1 Å². The first kappa shape index (κ1) is 23.6. The molecule has 3 aromatic rings. The Labute approximate surface area is 193 Å². The maximum Gasteiger partial charge on any atom is 0.284 e. The van der Waals surface area contributed by atoms with Crippen LogP contribution in [0.1, 0.15) is 37.5 Å². The van der Waals surface area contributed by atoms with Crippen molar-refractivity contribution in [2.75, 3.05) is 11.9 Å². The Bertz CT molecular complexity index is 1220. The van der Waals surface area contributed by atoms with Gasteiger partial charge >= 0.3 is 0 Å². The highest BCUT2D eigenvalue weighted by atomic mass is 32.1. The van der Waals surface area contributed by atoms with E-state index in [-0.39, 0.29) is 28.3 Å². The molecule has 0 atom stereocenters. The fourth-order valence-corrected chi connectivity index (χ4v) is 3.67. The second-order valence-electron chi connectivity index (χ2n) is 6.80. The average Bonchev–Trinajstić information content (AvgIpc) is 3.45. The van der Waals surface area contributed by atoms with Gasteiger partial charge in [-0.25, -0.2) is 0 Å². The molecule has 1 amide bonds. The standard InChI is InChI=1S/C22H21N5O5S/c1-3-5-6-20-25-26-22(33-20)24-21(28)14(13-23)11-16-8-10-19(32-16)17-9-7-15(31-4-2)12-18(17)27(29)30/h7-12H,3-6H2,1-2H3,(H,24,26,28). The molecule has 3 rings (SSSR count). The number of nitriles is 1. The minimum atomic E-state index is -0.652. The highest BCUT2D eigenvalue weighted by Crippen LogP contribution is 2.34. The van der Waals surface area contributed by atoms with E-state index in [1.807, 2.05) is 6.07 Å². The predicted molar refractivity (Wildman–Crippen MR) is 123 cm³/mol. The van der Waals surface area contributed by atoms with Gasteiger partial charge in [0.15, 0.2) is 0 Å². The topological polar surface area (TPSA) is 144 Å². The summed E-state index contributed by atoms with van der Waals surface area (Å²) >= 11 is 1.26. The highest BCUT2D eigenvalue weighted by Gasteiger charge is 2.20. The van der Waals surface area contributed by atoms with Crippen LogP contribution >= 0.6 is 11.3 Å². The lowest BCUT2D eigenvalue weighted by Gasteiger charge is -2.05. The minimum absolute atomic E-state index is 0.181. The first-order valence-electron chi connectivity index (χ1n) is 10.2. The quantitative estimate of drug-likeness (QED) is 0.190. The maximum atomic E-state index is 12.5. The molecule has 0 aliphatic heterocycles. The van der Waals surface area contributed by atoms with Gasteiger partial charge in [-0.1, -0.05) is 24.7 Å². The number of benzene rings is 1. The van der Waals surface area contributed by atoms with Crippen molar-refractivity contribution in [3.8, 4) is 23.1 Å². The fourth-order valence-electron chi connectivity index (χ4n) is 2.89. The molecule has 170 valence electrons. The third-order valence-electron chi connectivity index (χ3n) is 4.45. The summed E-state index contributed by atoms with van der Waals surface area (Å²) in [5.74, 6) is 0.137. The van der Waals surface area contributed by atoms with Crippen molar-refractivity contribution < 1.29 is 18.9 Å². The van der Waals surface area contributed by atoms with E-state index in [0.29, 0.717) is 17.5 Å². The number of nitrogens with one attached hydrogen (secondary N) is 1. The molecule has 1 N–H and O–H groups in total. The van der Waals surface area contributed by atoms with Crippen molar-refractivity contribution >= 4 is 34.1 Å². The van der Waals surface area contributed by atoms with E-state index in [1.165, 1.54) is 41.7 Å². The second kappa shape index (κ2) is 11.0. The number of nitrogens with zero attached hydrogens (tertiary/aromatic N) is 4. The van der Waals surface area contributed by atoms with Crippen LogP contribution in [0, 0.1) is 21.4 Å². The van der Waals surface area contributed by atoms with Crippen molar-refractivity contribution in [1.29, 1.82) is 5.26 Å². The van der Waals surface area contributed by atoms with Gasteiger partial charge in [0.1, 0.15) is 33.9 Å². The molecule has 2 heterocycles. The number of anilines is 1. The Hall–Kier alpha value is -4.04. The Kier molecular flexibility index (Phi) is 7.88. The number of hydrogen-bond acceptors (Lipinski definition) is 9. The third-order valence-corrected chi connectivity index (χ3v) is 5.35. The van der Waals surface area contributed by atoms with Gasteiger partial charge in [0.05, 0.1) is 23.2 Å². The number of rotatable bonds is 10. The summed E-state index contributed by atoms with van der Waals surface area (Å²) in [6.07, 6.45) is 4.03. The summed E-state index contributed by atoms with van der Waals surface area (Å²) < 4.78 is 11.0. The molecule has 0 saturated heterocycles. The van der Waals surface area contributed by atoms with Crippen molar-refractivity contribution in [3.05, 3.63) is 56.8 Å². The van der Waals surface area contributed by atoms with Crippen LogP contribution in [-0.2, 0) is 11.2 Å². The number of aromatic nitrogens is 2. The van der Waals surface area contributed by atoms with Crippen molar-refractivity contribution in [1.82, 2.24) is 10.2 Å². The van der Waals surface area contributed by atoms with Gasteiger partial charge in [0.2, 0.25) is 5.13 Å². The number of ether oxygens (including phenoxy) is 1. The Morgan fingerprint density at radius 1 is 1.33 bits per heavy atom. The molecule has 0 bridgehead atoms. The lowest BCUT2D eigenvalue weighted by Crippen LogP contribution is -2.13. The molecule has 2 aromatic heterocycles. The Morgan fingerprint density at radius 3 is 2.85 bits per heavy atom. The number of aryl methyl sites for hydroxylation is 1. The first-order valence-corrected chi connectivity index (χ1v) is 11.0. The Balaban J connectivity index is 1.79. The van der Waals surface area contributed by atoms with Crippen LogP contribution in [0.25, 0.3) is 17.4 Å². The van der Waals surface area contributed by atoms with Gasteiger partial charge in [-0.3, -0.25) is 20.2 Å². The molecule has 0 unspecified atom stereocenters. The molecule has 11 heteroatoms. The summed E-state index contributed by atoms with van der Waals surface area (Å²) in [5, 5.41) is 32.5. The van der Waals surface area contributed by atoms with E-state index < -0.39 is 10.8 Å². The van der Waals surface area contributed by atoms with Gasteiger partial charge in [-0.2, -0.15) is 5.26 Å². The SMILES string of the molecule is CCCCc1nnc(NC(=O)C(C#N)=Cc2ccc(-c3ccc(OCC)cc3[N+](=O)[O-])o2)s1. The van der Waals surface area contributed by atoms with E-state index in [4.69, 9.17) is 9.15 Å². The molecule has 0 spiro atoms. The van der Waals surface area contributed by atoms with E-state index >= 15 is 0 Å². The van der Waals surface area contributed by atoms with Crippen LogP contribution in [0.3, 0.4) is 0 Å². The summed E-state index contributed by atoms with van der Waals surface area (Å²) in [6.45, 7) is 4.23. The van der Waals surface area contributed by atoms with Crippen LogP contribution in [0.4, 0.5) is 10.8 Å². The molecule has 0 fully saturated rings. The fraction of sp³-hybridized carbons (Fsp3) is 0.273. The van der Waals surface area contributed by atoms with E-state index in [2.05, 4.69) is 22.4 Å². The monoisotopic (exact) mass is 467 g/mol. The number of nitro groups is 1. The molecule has 0 radical (unpaired) electrons. The van der Waals surface area contributed by atoms with Gasteiger partial charge < -0.3 is 9.15 Å². The van der Waals surface area contributed by atoms with Crippen LogP contribution in [0.2, 0.25) is 0 Å². The zero-order chi connectivity index (χ0) is 23.8. The third kappa shape index (κ3) is 6.02. The molecular weight excluding hydrogens is 446 g/mol. The highest BCUT2D eigenvalue weighted by molar-refractivity contribution is 7.15. The zero-order valence-corrected chi connectivity index (χ0v) is 18.8. The second-order valence-corrected chi connectivity index (χ2v) is 7.86.